The Hall–Kier alpha value is -3.12. The minimum atomic E-state index is -4.91. The highest BCUT2D eigenvalue weighted by molar-refractivity contribution is 8.06. The maximum atomic E-state index is 12.8. The summed E-state index contributed by atoms with van der Waals surface area (Å²) in [7, 11) is 0. The number of carboxylic acids is 1. The zero-order chi connectivity index (χ0) is 24.5. The fourth-order valence-corrected chi connectivity index (χ4v) is 6.09. The molecule has 0 aromatic heterocycles. The fraction of sp³-hybridized carbons (Fsp3) is 0.227. The van der Waals surface area contributed by atoms with Crippen molar-refractivity contribution in [2.45, 2.75) is 29.1 Å². The highest BCUT2D eigenvalue weighted by atomic mass is 32.2. The van der Waals surface area contributed by atoms with Crippen molar-refractivity contribution in [2.24, 2.45) is 0 Å². The number of carbonyl (C=O) groups is 3. The Morgan fingerprint density at radius 1 is 1.15 bits per heavy atom. The molecule has 12 heteroatoms. The molecule has 2 atom stereocenters. The number of benzene rings is 2. The van der Waals surface area contributed by atoms with Crippen molar-refractivity contribution in [3.8, 4) is 5.75 Å². The van der Waals surface area contributed by atoms with Crippen LogP contribution in [0.2, 0.25) is 0 Å². The van der Waals surface area contributed by atoms with E-state index in [1.165, 1.54) is 30.0 Å². The van der Waals surface area contributed by atoms with Crippen molar-refractivity contribution < 1.29 is 37.4 Å². The van der Waals surface area contributed by atoms with Gasteiger partial charge in [0.2, 0.25) is 5.91 Å². The largest absolute Gasteiger partial charge is 0.573 e. The smallest absolute Gasteiger partial charge is 0.477 e. The van der Waals surface area contributed by atoms with Crippen LogP contribution in [0, 0.1) is 0 Å². The van der Waals surface area contributed by atoms with Gasteiger partial charge in [0.15, 0.2) is 0 Å². The summed E-state index contributed by atoms with van der Waals surface area (Å²) >= 11 is 2.02. The molecule has 0 unspecified atom stereocenters. The van der Waals surface area contributed by atoms with Crippen LogP contribution in [0.4, 0.5) is 13.2 Å². The Balaban J connectivity index is 1.51. The fourth-order valence-electron chi connectivity index (χ4n) is 3.55. The topological polar surface area (TPSA) is 95.9 Å². The molecule has 178 valence electrons. The summed E-state index contributed by atoms with van der Waals surface area (Å²) in [4.78, 5) is 38.5. The van der Waals surface area contributed by atoms with Gasteiger partial charge in [-0.25, -0.2) is 4.79 Å². The first-order valence-corrected chi connectivity index (χ1v) is 11.8. The van der Waals surface area contributed by atoms with Gasteiger partial charge in [-0.05, 0) is 17.7 Å². The van der Waals surface area contributed by atoms with Crippen LogP contribution in [0.5, 0.6) is 5.75 Å². The predicted molar refractivity (Wildman–Crippen MR) is 119 cm³/mol. The van der Waals surface area contributed by atoms with Crippen LogP contribution >= 0.6 is 23.5 Å². The summed E-state index contributed by atoms with van der Waals surface area (Å²) < 4.78 is 42.2. The number of thioether (sulfide) groups is 2. The second kappa shape index (κ2) is 9.63. The molecule has 2 aromatic carbocycles. The molecule has 2 aliphatic heterocycles. The standard InChI is InChI=1S/C22H17F3N2O5S2/c23-22(24,25)32-13-8-4-5-9-14(13)34-15-11-33-20-17(19(29)27(20)18(15)21(30)31)26-16(28)10-12-6-2-1-3-7-12/h1-9,17,20H,10-11H2,(H,26,28)(H,30,31)/t17-,20+/m1/s1. The minimum Gasteiger partial charge on any atom is -0.477 e. The van der Waals surface area contributed by atoms with Crippen molar-refractivity contribution in [3.05, 3.63) is 70.8 Å². The average molecular weight is 511 g/mol. The van der Waals surface area contributed by atoms with Crippen molar-refractivity contribution in [3.63, 3.8) is 0 Å². The third-order valence-electron chi connectivity index (χ3n) is 4.97. The first-order chi connectivity index (χ1) is 16.1. The first-order valence-electron chi connectivity index (χ1n) is 9.91. The van der Waals surface area contributed by atoms with Crippen molar-refractivity contribution >= 4 is 41.3 Å². The molecular weight excluding hydrogens is 493 g/mol. The summed E-state index contributed by atoms with van der Waals surface area (Å²) in [6.07, 6.45) is -4.84. The Labute approximate surface area is 200 Å². The minimum absolute atomic E-state index is 0.0633. The monoisotopic (exact) mass is 510 g/mol. The van der Waals surface area contributed by atoms with Crippen LogP contribution in [0.1, 0.15) is 5.56 Å². The number of rotatable bonds is 7. The zero-order valence-electron chi connectivity index (χ0n) is 17.2. The number of hydrogen-bond acceptors (Lipinski definition) is 6. The lowest BCUT2D eigenvalue weighted by molar-refractivity contribution is -0.275. The molecule has 2 heterocycles. The lowest BCUT2D eigenvalue weighted by Crippen LogP contribution is -2.70. The van der Waals surface area contributed by atoms with Gasteiger partial charge >= 0.3 is 12.3 Å². The number of hydrogen-bond donors (Lipinski definition) is 2. The Bertz CT molecular complexity index is 1160. The van der Waals surface area contributed by atoms with Crippen molar-refractivity contribution in [1.82, 2.24) is 10.2 Å². The SMILES string of the molecule is O=C(Cc1ccccc1)N[C@@H]1C(=O)N2C(C(=O)O)=C(Sc3ccccc3OC(F)(F)F)CS[C@@H]12. The molecule has 0 radical (unpaired) electrons. The van der Waals surface area contributed by atoms with E-state index in [1.54, 1.807) is 24.3 Å². The highest BCUT2D eigenvalue weighted by Gasteiger charge is 2.54. The van der Waals surface area contributed by atoms with E-state index in [-0.39, 0.29) is 33.6 Å². The van der Waals surface area contributed by atoms with Crippen LogP contribution in [0.3, 0.4) is 0 Å². The third-order valence-corrected chi connectivity index (χ3v) is 7.57. The number of nitrogens with zero attached hydrogens (tertiary/aromatic N) is 1. The van der Waals surface area contributed by atoms with Crippen LogP contribution in [-0.4, -0.2) is 51.3 Å². The van der Waals surface area contributed by atoms with Crippen molar-refractivity contribution in [2.75, 3.05) is 5.75 Å². The molecule has 2 amide bonds. The van der Waals surface area contributed by atoms with E-state index in [0.29, 0.717) is 0 Å². The van der Waals surface area contributed by atoms with Crippen LogP contribution in [0.15, 0.2) is 70.1 Å². The first kappa shape index (κ1) is 24.0. The van der Waals surface area contributed by atoms with E-state index >= 15 is 0 Å². The van der Waals surface area contributed by atoms with Gasteiger partial charge in [-0.15, -0.1) is 24.9 Å². The van der Waals surface area contributed by atoms with Gasteiger partial charge in [0, 0.05) is 10.7 Å². The summed E-state index contributed by atoms with van der Waals surface area (Å²) in [6, 6.07) is 13.4. The molecule has 34 heavy (non-hydrogen) atoms. The number of carboxylic acid groups (broad SMARTS) is 1. The molecule has 2 aromatic rings. The summed E-state index contributed by atoms with van der Waals surface area (Å²) in [5.74, 6) is -2.68. The molecular formula is C22H17F3N2O5S2. The molecule has 4 rings (SSSR count). The van der Waals surface area contributed by atoms with E-state index in [4.69, 9.17) is 0 Å². The number of alkyl halides is 3. The molecule has 0 spiro atoms. The number of β-lactam (4-membered cyclic amide) rings is 1. The van der Waals surface area contributed by atoms with Gasteiger partial charge in [0.05, 0.1) is 11.3 Å². The highest BCUT2D eigenvalue weighted by Crippen LogP contribution is 2.47. The predicted octanol–water partition coefficient (Wildman–Crippen LogP) is 3.62. The summed E-state index contributed by atoms with van der Waals surface area (Å²) in [5, 5.41) is 11.8. The Morgan fingerprint density at radius 3 is 2.50 bits per heavy atom. The number of amides is 2. The van der Waals surface area contributed by atoms with E-state index in [9.17, 15) is 32.7 Å². The molecule has 0 saturated carbocycles. The Morgan fingerprint density at radius 2 is 1.82 bits per heavy atom. The maximum absolute atomic E-state index is 12.8. The van der Waals surface area contributed by atoms with Gasteiger partial charge in [0.25, 0.3) is 5.91 Å². The Kier molecular flexibility index (Phi) is 6.80. The van der Waals surface area contributed by atoms with Gasteiger partial charge < -0.3 is 15.2 Å². The number of aliphatic carboxylic acids is 1. The normalized spacial score (nSPS) is 19.9. The second-order valence-corrected chi connectivity index (χ2v) is 9.53. The number of fused-ring (bicyclic) bond motifs is 1. The van der Waals surface area contributed by atoms with E-state index in [2.05, 4.69) is 10.1 Å². The lowest BCUT2D eigenvalue weighted by Gasteiger charge is -2.49. The molecule has 1 fully saturated rings. The summed E-state index contributed by atoms with van der Waals surface area (Å²) in [6.45, 7) is 0. The van der Waals surface area contributed by atoms with Crippen LogP contribution in [0.25, 0.3) is 0 Å². The number of nitrogens with one attached hydrogen (secondary N) is 1. The average Bonchev–Trinajstić information content (AvgIpc) is 2.78. The molecule has 2 N–H and O–H groups in total. The molecule has 7 nitrogen and oxygen atoms in total. The van der Waals surface area contributed by atoms with E-state index in [1.807, 2.05) is 6.07 Å². The number of ether oxygens (including phenoxy) is 1. The zero-order valence-corrected chi connectivity index (χ0v) is 18.9. The maximum Gasteiger partial charge on any atom is 0.573 e. The van der Waals surface area contributed by atoms with Crippen molar-refractivity contribution in [1.29, 1.82) is 0 Å². The van der Waals surface area contributed by atoms with E-state index in [0.717, 1.165) is 28.3 Å². The quantitative estimate of drug-likeness (QED) is 0.550. The third kappa shape index (κ3) is 5.17. The van der Waals surface area contributed by atoms with Gasteiger partial charge in [-0.1, -0.05) is 54.2 Å². The number of halogens is 3. The van der Waals surface area contributed by atoms with Gasteiger partial charge in [0.1, 0.15) is 22.9 Å². The van der Waals surface area contributed by atoms with Crippen LogP contribution in [-0.2, 0) is 20.8 Å². The molecule has 0 bridgehead atoms. The van der Waals surface area contributed by atoms with Crippen LogP contribution < -0.4 is 10.1 Å². The van der Waals surface area contributed by atoms with Gasteiger partial charge in [-0.2, -0.15) is 0 Å². The number of para-hydroxylation sites is 1. The second-order valence-electron chi connectivity index (χ2n) is 7.29. The number of carbonyl (C=O) groups excluding carboxylic acids is 2. The summed E-state index contributed by atoms with van der Waals surface area (Å²) in [5.41, 5.74) is 0.457. The van der Waals surface area contributed by atoms with Gasteiger partial charge in [-0.3, -0.25) is 14.5 Å². The molecule has 1 saturated heterocycles. The lowest BCUT2D eigenvalue weighted by atomic mass is 10.0. The molecule has 2 aliphatic rings. The molecule has 0 aliphatic carbocycles. The van der Waals surface area contributed by atoms with E-state index < -0.39 is 35.4 Å².